The highest BCUT2D eigenvalue weighted by Gasteiger charge is 2.05. The molecule has 1 unspecified atom stereocenters. The number of hydrogen-bond donors (Lipinski definition) is 1. The molecule has 1 aromatic heterocycles. The summed E-state index contributed by atoms with van der Waals surface area (Å²) in [5.41, 5.74) is 1.00. The number of methoxy groups -OCH3 is 1. The quantitative estimate of drug-likeness (QED) is 0.808. The van der Waals surface area contributed by atoms with Gasteiger partial charge in [0.05, 0.1) is 7.11 Å². The SMILES string of the molecule is CCC(C)CNc1nc(C)ccc1OC. The van der Waals surface area contributed by atoms with Gasteiger partial charge < -0.3 is 10.1 Å². The number of aryl methyl sites for hydroxylation is 1. The molecule has 3 heteroatoms. The van der Waals surface area contributed by atoms with E-state index in [0.717, 1.165) is 23.8 Å². The van der Waals surface area contributed by atoms with Gasteiger partial charge in [0.2, 0.25) is 0 Å². The topological polar surface area (TPSA) is 34.2 Å². The molecule has 0 fully saturated rings. The van der Waals surface area contributed by atoms with Crippen molar-refractivity contribution in [3.05, 3.63) is 17.8 Å². The van der Waals surface area contributed by atoms with E-state index in [4.69, 9.17) is 4.74 Å². The Morgan fingerprint density at radius 1 is 1.47 bits per heavy atom. The minimum absolute atomic E-state index is 0.650. The highest BCUT2D eigenvalue weighted by Crippen LogP contribution is 2.21. The van der Waals surface area contributed by atoms with Crippen LogP contribution in [0.25, 0.3) is 0 Å². The van der Waals surface area contributed by atoms with E-state index in [1.807, 2.05) is 19.1 Å². The largest absolute Gasteiger partial charge is 0.493 e. The van der Waals surface area contributed by atoms with E-state index in [9.17, 15) is 0 Å². The van der Waals surface area contributed by atoms with E-state index < -0.39 is 0 Å². The molecule has 0 spiro atoms. The summed E-state index contributed by atoms with van der Waals surface area (Å²) in [6.07, 6.45) is 1.17. The lowest BCUT2D eigenvalue weighted by atomic mass is 10.1. The van der Waals surface area contributed by atoms with E-state index in [0.29, 0.717) is 5.92 Å². The van der Waals surface area contributed by atoms with Gasteiger partial charge in [-0.2, -0.15) is 0 Å². The Morgan fingerprint density at radius 3 is 2.80 bits per heavy atom. The molecule has 0 aliphatic carbocycles. The van der Waals surface area contributed by atoms with Gasteiger partial charge in [-0.3, -0.25) is 0 Å². The van der Waals surface area contributed by atoms with Gasteiger partial charge in [-0.1, -0.05) is 20.3 Å². The molecule has 0 saturated heterocycles. The monoisotopic (exact) mass is 208 g/mol. The number of ether oxygens (including phenoxy) is 1. The minimum Gasteiger partial charge on any atom is -0.493 e. The van der Waals surface area contributed by atoms with Gasteiger partial charge in [0.25, 0.3) is 0 Å². The van der Waals surface area contributed by atoms with Crippen molar-refractivity contribution in [2.24, 2.45) is 5.92 Å². The molecule has 0 radical (unpaired) electrons. The average molecular weight is 208 g/mol. The number of aromatic nitrogens is 1. The Labute approximate surface area is 91.9 Å². The van der Waals surface area contributed by atoms with Crippen LogP contribution in [0.4, 0.5) is 5.82 Å². The smallest absolute Gasteiger partial charge is 0.168 e. The van der Waals surface area contributed by atoms with Gasteiger partial charge in [0.1, 0.15) is 0 Å². The van der Waals surface area contributed by atoms with Crippen LogP contribution >= 0.6 is 0 Å². The van der Waals surface area contributed by atoms with Crippen molar-refractivity contribution in [1.29, 1.82) is 0 Å². The summed E-state index contributed by atoms with van der Waals surface area (Å²) in [5, 5.41) is 3.32. The number of hydrogen-bond acceptors (Lipinski definition) is 3. The van der Waals surface area contributed by atoms with Crippen molar-refractivity contribution in [3.8, 4) is 5.75 Å². The lowest BCUT2D eigenvalue weighted by molar-refractivity contribution is 0.414. The molecule has 84 valence electrons. The first-order valence-electron chi connectivity index (χ1n) is 5.42. The second-order valence-corrected chi connectivity index (χ2v) is 3.90. The van der Waals surface area contributed by atoms with Crippen molar-refractivity contribution < 1.29 is 4.74 Å². The molecule has 3 nitrogen and oxygen atoms in total. The Balaban J connectivity index is 2.69. The van der Waals surface area contributed by atoms with Gasteiger partial charge in [-0.15, -0.1) is 0 Å². The fourth-order valence-electron chi connectivity index (χ4n) is 1.25. The molecule has 0 aliphatic heterocycles. The maximum atomic E-state index is 5.24. The van der Waals surface area contributed by atoms with Gasteiger partial charge in [0, 0.05) is 12.2 Å². The predicted molar refractivity (Wildman–Crippen MR) is 63.5 cm³/mol. The molecule has 1 atom stereocenters. The molecule has 1 N–H and O–H groups in total. The van der Waals surface area contributed by atoms with E-state index >= 15 is 0 Å². The van der Waals surface area contributed by atoms with Gasteiger partial charge in [0.15, 0.2) is 11.6 Å². The van der Waals surface area contributed by atoms with Crippen LogP contribution in [0.15, 0.2) is 12.1 Å². The lowest BCUT2D eigenvalue weighted by Crippen LogP contribution is -2.12. The molecular weight excluding hydrogens is 188 g/mol. The normalized spacial score (nSPS) is 12.3. The fourth-order valence-corrected chi connectivity index (χ4v) is 1.25. The Hall–Kier alpha value is -1.25. The molecule has 15 heavy (non-hydrogen) atoms. The molecule has 0 aliphatic rings. The van der Waals surface area contributed by atoms with Crippen LogP contribution in [-0.4, -0.2) is 18.6 Å². The van der Waals surface area contributed by atoms with Gasteiger partial charge in [-0.25, -0.2) is 4.98 Å². The lowest BCUT2D eigenvalue weighted by Gasteiger charge is -2.13. The van der Waals surface area contributed by atoms with Crippen LogP contribution in [0.1, 0.15) is 26.0 Å². The van der Waals surface area contributed by atoms with Gasteiger partial charge in [-0.05, 0) is 25.0 Å². The molecule has 1 heterocycles. The van der Waals surface area contributed by atoms with Crippen molar-refractivity contribution in [1.82, 2.24) is 4.98 Å². The highest BCUT2D eigenvalue weighted by molar-refractivity contribution is 5.50. The molecule has 0 saturated carbocycles. The number of rotatable bonds is 5. The molecule has 0 amide bonds. The zero-order valence-corrected chi connectivity index (χ0v) is 10.0. The third-order valence-electron chi connectivity index (χ3n) is 2.53. The summed E-state index contributed by atoms with van der Waals surface area (Å²) in [5.74, 6) is 2.30. The van der Waals surface area contributed by atoms with Crippen LogP contribution < -0.4 is 10.1 Å². The van der Waals surface area contributed by atoms with E-state index in [2.05, 4.69) is 24.1 Å². The third-order valence-corrected chi connectivity index (χ3v) is 2.53. The number of pyridine rings is 1. The Morgan fingerprint density at radius 2 is 2.20 bits per heavy atom. The van der Waals surface area contributed by atoms with Crippen LogP contribution in [-0.2, 0) is 0 Å². The van der Waals surface area contributed by atoms with Crippen molar-refractivity contribution >= 4 is 5.82 Å². The molecular formula is C12H20N2O. The average Bonchev–Trinajstić information content (AvgIpc) is 2.26. The minimum atomic E-state index is 0.650. The van der Waals surface area contributed by atoms with E-state index in [1.54, 1.807) is 7.11 Å². The van der Waals surface area contributed by atoms with Crippen molar-refractivity contribution in [2.45, 2.75) is 27.2 Å². The van der Waals surface area contributed by atoms with Gasteiger partial charge >= 0.3 is 0 Å². The first-order valence-corrected chi connectivity index (χ1v) is 5.42. The summed E-state index contributed by atoms with van der Waals surface area (Å²) in [6, 6.07) is 3.90. The van der Waals surface area contributed by atoms with Crippen molar-refractivity contribution in [2.75, 3.05) is 19.0 Å². The maximum Gasteiger partial charge on any atom is 0.168 e. The van der Waals surface area contributed by atoms with E-state index in [-0.39, 0.29) is 0 Å². The predicted octanol–water partition coefficient (Wildman–Crippen LogP) is 2.86. The summed E-state index contributed by atoms with van der Waals surface area (Å²) >= 11 is 0. The standard InChI is InChI=1S/C12H20N2O/c1-5-9(2)8-13-12-11(15-4)7-6-10(3)14-12/h6-7,9H,5,8H2,1-4H3,(H,13,14). The second kappa shape index (κ2) is 5.59. The first kappa shape index (κ1) is 11.8. The zero-order valence-electron chi connectivity index (χ0n) is 10.0. The van der Waals surface area contributed by atoms with Crippen LogP contribution in [0.5, 0.6) is 5.75 Å². The number of nitrogens with zero attached hydrogens (tertiary/aromatic N) is 1. The second-order valence-electron chi connectivity index (χ2n) is 3.90. The summed E-state index contributed by atoms with van der Waals surface area (Å²) in [7, 11) is 1.67. The molecule has 0 bridgehead atoms. The molecule has 1 aromatic rings. The van der Waals surface area contributed by atoms with Crippen molar-refractivity contribution in [3.63, 3.8) is 0 Å². The first-order chi connectivity index (χ1) is 7.17. The maximum absolute atomic E-state index is 5.24. The van der Waals surface area contributed by atoms with Crippen LogP contribution in [0.2, 0.25) is 0 Å². The summed E-state index contributed by atoms with van der Waals surface area (Å²) < 4.78 is 5.24. The van der Waals surface area contributed by atoms with Crippen LogP contribution in [0.3, 0.4) is 0 Å². The Kier molecular flexibility index (Phi) is 4.40. The summed E-state index contributed by atoms with van der Waals surface area (Å²) in [6.45, 7) is 7.32. The third kappa shape index (κ3) is 3.42. The van der Waals surface area contributed by atoms with E-state index in [1.165, 1.54) is 6.42 Å². The molecule has 1 rings (SSSR count). The number of anilines is 1. The fraction of sp³-hybridized carbons (Fsp3) is 0.583. The highest BCUT2D eigenvalue weighted by atomic mass is 16.5. The molecule has 0 aromatic carbocycles. The Bertz CT molecular complexity index is 312. The van der Waals surface area contributed by atoms with Crippen LogP contribution in [0, 0.1) is 12.8 Å². The zero-order chi connectivity index (χ0) is 11.3. The summed E-state index contributed by atoms with van der Waals surface area (Å²) in [4.78, 5) is 4.41. The number of nitrogens with one attached hydrogen (secondary N) is 1.